The van der Waals surface area contributed by atoms with Crippen LogP contribution in [0.2, 0.25) is 5.15 Å². The van der Waals surface area contributed by atoms with Crippen molar-refractivity contribution in [2.24, 2.45) is 0 Å². The lowest BCUT2D eigenvalue weighted by Gasteiger charge is -2.12. The lowest BCUT2D eigenvalue weighted by Crippen LogP contribution is -2.16. The number of hydrogen-bond donors (Lipinski definition) is 1. The average molecular weight is 232 g/mol. The minimum atomic E-state index is 0.415. The predicted octanol–water partition coefficient (Wildman–Crippen LogP) is 2.68. The van der Waals surface area contributed by atoms with Gasteiger partial charge in [-0.3, -0.25) is 0 Å². The Morgan fingerprint density at radius 1 is 1.50 bits per heavy atom. The number of anilines is 1. The summed E-state index contributed by atoms with van der Waals surface area (Å²) < 4.78 is 0. The van der Waals surface area contributed by atoms with Crippen LogP contribution in [0.5, 0.6) is 0 Å². The molecule has 1 heterocycles. The zero-order valence-corrected chi connectivity index (χ0v) is 9.90. The quantitative estimate of drug-likeness (QED) is 0.846. The predicted molar refractivity (Wildman–Crippen MR) is 63.1 cm³/mol. The summed E-state index contributed by atoms with van der Waals surface area (Å²) in [7, 11) is 0. The van der Waals surface area contributed by atoms with Gasteiger partial charge in [0.2, 0.25) is 0 Å². The molecule has 0 aliphatic carbocycles. The third kappa shape index (κ3) is 4.15. The van der Waals surface area contributed by atoms with Crippen LogP contribution in [-0.4, -0.2) is 28.2 Å². The molecule has 0 saturated heterocycles. The summed E-state index contributed by atoms with van der Waals surface area (Å²) in [4.78, 5) is 0. The van der Waals surface area contributed by atoms with E-state index >= 15 is 0 Å². The van der Waals surface area contributed by atoms with E-state index in [0.29, 0.717) is 11.2 Å². The molecule has 3 nitrogen and oxygen atoms in total. The summed E-state index contributed by atoms with van der Waals surface area (Å²) in [6.45, 7) is 2.13. The molecule has 78 valence electrons. The Labute approximate surface area is 93.6 Å². The maximum atomic E-state index is 5.63. The number of aromatic nitrogens is 2. The molecule has 1 unspecified atom stereocenters. The molecule has 0 aliphatic rings. The molecule has 14 heavy (non-hydrogen) atoms. The second-order valence-corrected chi connectivity index (χ2v) is 4.44. The Bertz CT molecular complexity index is 265. The number of nitrogens with zero attached hydrogens (tertiary/aromatic N) is 2. The topological polar surface area (TPSA) is 37.8 Å². The number of rotatable bonds is 5. The normalized spacial score (nSPS) is 12.5. The van der Waals surface area contributed by atoms with Crippen LogP contribution in [0, 0.1) is 0 Å². The van der Waals surface area contributed by atoms with Crippen molar-refractivity contribution >= 4 is 29.2 Å². The molecule has 1 aromatic heterocycles. The number of nitrogens with one attached hydrogen (secondary N) is 1. The first kappa shape index (κ1) is 11.6. The second kappa shape index (κ2) is 6.09. The molecule has 1 atom stereocenters. The molecule has 0 bridgehead atoms. The summed E-state index contributed by atoms with van der Waals surface area (Å²) in [6.07, 6.45) is 3.22. The highest BCUT2D eigenvalue weighted by Crippen LogP contribution is 2.09. The van der Waals surface area contributed by atoms with Gasteiger partial charge in [0, 0.05) is 6.04 Å². The highest BCUT2D eigenvalue weighted by Gasteiger charge is 2.02. The fraction of sp³-hybridized carbons (Fsp3) is 0.556. The summed E-state index contributed by atoms with van der Waals surface area (Å²) in [5.74, 6) is 1.93. The third-order valence-corrected chi connectivity index (χ3v) is 2.63. The van der Waals surface area contributed by atoms with Gasteiger partial charge >= 0.3 is 0 Å². The van der Waals surface area contributed by atoms with Gasteiger partial charge < -0.3 is 5.32 Å². The van der Waals surface area contributed by atoms with Crippen LogP contribution in [0.15, 0.2) is 12.1 Å². The Hall–Kier alpha value is -0.480. The minimum Gasteiger partial charge on any atom is -0.366 e. The highest BCUT2D eigenvalue weighted by atomic mass is 35.5. The van der Waals surface area contributed by atoms with E-state index in [4.69, 9.17) is 11.6 Å². The average Bonchev–Trinajstić information content (AvgIpc) is 2.18. The smallest absolute Gasteiger partial charge is 0.151 e. The molecular weight excluding hydrogens is 218 g/mol. The molecule has 0 radical (unpaired) electrons. The second-order valence-electron chi connectivity index (χ2n) is 3.07. The standard InChI is InChI=1S/C9H14ClN3S/c1-7(5-6-14-2)11-9-4-3-8(10)12-13-9/h3-4,7H,5-6H2,1-2H3,(H,11,13). The van der Waals surface area contributed by atoms with Crippen LogP contribution < -0.4 is 5.32 Å². The van der Waals surface area contributed by atoms with Gasteiger partial charge in [-0.2, -0.15) is 11.8 Å². The van der Waals surface area contributed by atoms with Crippen molar-refractivity contribution in [1.29, 1.82) is 0 Å². The Balaban J connectivity index is 2.39. The summed E-state index contributed by atoms with van der Waals surface area (Å²) in [6, 6.07) is 3.99. The van der Waals surface area contributed by atoms with Crippen molar-refractivity contribution in [2.75, 3.05) is 17.3 Å². The van der Waals surface area contributed by atoms with E-state index < -0.39 is 0 Å². The maximum Gasteiger partial charge on any atom is 0.151 e. The molecule has 5 heteroatoms. The lowest BCUT2D eigenvalue weighted by atomic mass is 10.2. The molecule has 1 rings (SSSR count). The Morgan fingerprint density at radius 3 is 2.86 bits per heavy atom. The van der Waals surface area contributed by atoms with Gasteiger partial charge in [0.1, 0.15) is 5.82 Å². The van der Waals surface area contributed by atoms with Crippen LogP contribution >= 0.6 is 23.4 Å². The van der Waals surface area contributed by atoms with E-state index in [1.54, 1.807) is 6.07 Å². The maximum absolute atomic E-state index is 5.63. The lowest BCUT2D eigenvalue weighted by molar-refractivity contribution is 0.762. The van der Waals surface area contributed by atoms with Gasteiger partial charge in [0.15, 0.2) is 5.15 Å². The van der Waals surface area contributed by atoms with E-state index in [1.807, 2.05) is 17.8 Å². The third-order valence-electron chi connectivity index (χ3n) is 1.78. The number of hydrogen-bond acceptors (Lipinski definition) is 4. The van der Waals surface area contributed by atoms with Crippen molar-refractivity contribution in [3.63, 3.8) is 0 Å². The minimum absolute atomic E-state index is 0.415. The summed E-state index contributed by atoms with van der Waals surface area (Å²) in [5, 5.41) is 11.4. The molecular formula is C9H14ClN3S. The van der Waals surface area contributed by atoms with Gasteiger partial charge in [0.25, 0.3) is 0 Å². The molecule has 0 aromatic carbocycles. The fourth-order valence-corrected chi connectivity index (χ4v) is 1.70. The molecule has 1 N–H and O–H groups in total. The number of thioether (sulfide) groups is 1. The van der Waals surface area contributed by atoms with Crippen LogP contribution in [-0.2, 0) is 0 Å². The van der Waals surface area contributed by atoms with Crippen LogP contribution in [0.1, 0.15) is 13.3 Å². The summed E-state index contributed by atoms with van der Waals surface area (Å²) in [5.41, 5.74) is 0. The van der Waals surface area contributed by atoms with Crippen molar-refractivity contribution in [1.82, 2.24) is 10.2 Å². The monoisotopic (exact) mass is 231 g/mol. The van der Waals surface area contributed by atoms with Crippen LogP contribution in [0.3, 0.4) is 0 Å². The fourth-order valence-electron chi connectivity index (χ4n) is 1.01. The van der Waals surface area contributed by atoms with Gasteiger partial charge in [0.05, 0.1) is 0 Å². The van der Waals surface area contributed by atoms with Crippen molar-refractivity contribution in [2.45, 2.75) is 19.4 Å². The molecule has 1 aromatic rings. The zero-order chi connectivity index (χ0) is 10.4. The van der Waals surface area contributed by atoms with Gasteiger partial charge in [-0.25, -0.2) is 0 Å². The van der Waals surface area contributed by atoms with Crippen molar-refractivity contribution in [3.8, 4) is 0 Å². The first-order chi connectivity index (χ1) is 6.72. The van der Waals surface area contributed by atoms with Gasteiger partial charge in [-0.1, -0.05) is 11.6 Å². The molecule has 0 aliphatic heterocycles. The van der Waals surface area contributed by atoms with E-state index in [9.17, 15) is 0 Å². The molecule has 0 amide bonds. The Morgan fingerprint density at radius 2 is 2.29 bits per heavy atom. The largest absolute Gasteiger partial charge is 0.366 e. The van der Waals surface area contributed by atoms with Crippen molar-refractivity contribution < 1.29 is 0 Å². The van der Waals surface area contributed by atoms with Crippen molar-refractivity contribution in [3.05, 3.63) is 17.3 Å². The molecule has 0 saturated carbocycles. The zero-order valence-electron chi connectivity index (χ0n) is 8.33. The Kier molecular flexibility index (Phi) is 5.04. The van der Waals surface area contributed by atoms with Gasteiger partial charge in [-0.05, 0) is 37.5 Å². The first-order valence-corrected chi connectivity index (χ1v) is 6.24. The molecule has 0 fully saturated rings. The SMILES string of the molecule is CSCCC(C)Nc1ccc(Cl)nn1. The van der Waals surface area contributed by atoms with E-state index in [-0.39, 0.29) is 0 Å². The summed E-state index contributed by atoms with van der Waals surface area (Å²) >= 11 is 7.47. The van der Waals surface area contributed by atoms with E-state index in [0.717, 1.165) is 18.0 Å². The van der Waals surface area contributed by atoms with Crippen LogP contribution in [0.25, 0.3) is 0 Å². The van der Waals surface area contributed by atoms with E-state index in [2.05, 4.69) is 28.7 Å². The number of halogens is 1. The van der Waals surface area contributed by atoms with Gasteiger partial charge in [-0.15, -0.1) is 10.2 Å². The highest BCUT2D eigenvalue weighted by molar-refractivity contribution is 7.98. The molecule has 0 spiro atoms. The van der Waals surface area contributed by atoms with E-state index in [1.165, 1.54) is 0 Å². The van der Waals surface area contributed by atoms with Crippen LogP contribution in [0.4, 0.5) is 5.82 Å². The first-order valence-electron chi connectivity index (χ1n) is 4.47.